The molecule has 0 aliphatic rings. The van der Waals surface area contributed by atoms with Crippen LogP contribution < -0.4 is 10.5 Å². The van der Waals surface area contributed by atoms with Gasteiger partial charge in [0, 0.05) is 6.61 Å². The normalized spacial score (nSPS) is 11.7. The zero-order valence-electron chi connectivity index (χ0n) is 17.6. The van der Waals surface area contributed by atoms with E-state index in [-0.39, 0.29) is 0 Å². The van der Waals surface area contributed by atoms with Gasteiger partial charge in [0.25, 0.3) is 0 Å². The number of para-hydroxylation sites is 2. The van der Waals surface area contributed by atoms with Crippen LogP contribution in [0.5, 0.6) is 0 Å². The lowest BCUT2D eigenvalue weighted by Crippen LogP contribution is -3.11. The molecule has 0 bridgehead atoms. The fourth-order valence-corrected chi connectivity index (χ4v) is 3.67. The number of likely N-dealkylation sites (N-methyl/N-ethyl adjacent to an activating group) is 1. The van der Waals surface area contributed by atoms with E-state index in [9.17, 15) is 0 Å². The molecule has 0 atom stereocenters. The standard InChI is InChI=1S/C22H38N4O/c1-4-7-8-9-10-13-18-27-19-26-21-15-12-11-14-20(21)25(22(26)23)17-16-24(5-2)6-3/h11-12,14-15,23H,4-10,13,16-19H2,1-3H3/p+1. The van der Waals surface area contributed by atoms with E-state index in [0.29, 0.717) is 12.3 Å². The Kier molecular flexibility index (Phi) is 9.64. The minimum absolute atomic E-state index is 0.472. The van der Waals surface area contributed by atoms with Crippen molar-refractivity contribution in [3.63, 3.8) is 0 Å². The SMILES string of the molecule is CCCCCCCCOCn1c(=N)n(CC[NH+](CC)CC)c2ccccc21. The summed E-state index contributed by atoms with van der Waals surface area (Å²) in [5, 5.41) is 8.66. The van der Waals surface area contributed by atoms with E-state index in [1.807, 2.05) is 10.6 Å². The maximum atomic E-state index is 8.66. The third-order valence-corrected chi connectivity index (χ3v) is 5.53. The molecule has 0 spiro atoms. The molecule has 0 aliphatic heterocycles. The number of aromatic nitrogens is 2. The van der Waals surface area contributed by atoms with Crippen molar-refractivity contribution in [1.29, 1.82) is 5.41 Å². The molecule has 2 rings (SSSR count). The predicted octanol–water partition coefficient (Wildman–Crippen LogP) is 3.18. The lowest BCUT2D eigenvalue weighted by molar-refractivity contribution is -0.897. The number of fused-ring (bicyclic) bond motifs is 1. The van der Waals surface area contributed by atoms with Crippen molar-refractivity contribution in [2.24, 2.45) is 0 Å². The van der Waals surface area contributed by atoms with Crippen molar-refractivity contribution < 1.29 is 9.64 Å². The molecule has 5 heteroatoms. The average Bonchev–Trinajstić information content (AvgIpc) is 2.96. The van der Waals surface area contributed by atoms with E-state index in [2.05, 4.69) is 43.5 Å². The summed E-state index contributed by atoms with van der Waals surface area (Å²) in [6, 6.07) is 8.33. The number of nitrogens with zero attached hydrogens (tertiary/aromatic N) is 2. The van der Waals surface area contributed by atoms with Gasteiger partial charge in [0.05, 0.1) is 37.2 Å². The molecule has 0 saturated heterocycles. The Morgan fingerprint density at radius 1 is 0.889 bits per heavy atom. The quantitative estimate of drug-likeness (QED) is 0.490. The smallest absolute Gasteiger partial charge is 0.205 e. The molecule has 2 N–H and O–H groups in total. The number of quaternary nitrogens is 1. The van der Waals surface area contributed by atoms with Crippen LogP contribution in [0.4, 0.5) is 0 Å². The highest BCUT2D eigenvalue weighted by Crippen LogP contribution is 2.13. The maximum absolute atomic E-state index is 8.66. The first kappa shape index (κ1) is 21.7. The number of benzene rings is 1. The van der Waals surface area contributed by atoms with Crippen LogP contribution in [0.1, 0.15) is 59.3 Å². The van der Waals surface area contributed by atoms with Crippen molar-refractivity contribution in [2.45, 2.75) is 72.6 Å². The summed E-state index contributed by atoms with van der Waals surface area (Å²) in [5.41, 5.74) is 2.78. The number of hydrogen-bond acceptors (Lipinski definition) is 2. The lowest BCUT2D eigenvalue weighted by Gasteiger charge is -2.15. The average molecular weight is 376 g/mol. The fraction of sp³-hybridized carbons (Fsp3) is 0.682. The summed E-state index contributed by atoms with van der Waals surface area (Å²) < 4.78 is 10.1. The Hall–Kier alpha value is -1.59. The van der Waals surface area contributed by atoms with Crippen molar-refractivity contribution in [2.75, 3.05) is 26.2 Å². The van der Waals surface area contributed by atoms with E-state index < -0.39 is 0 Å². The Labute approximate surface area is 164 Å². The zero-order valence-corrected chi connectivity index (χ0v) is 17.6. The van der Waals surface area contributed by atoms with E-state index in [1.54, 1.807) is 4.90 Å². The van der Waals surface area contributed by atoms with Gasteiger partial charge in [-0.05, 0) is 32.4 Å². The summed E-state index contributed by atoms with van der Waals surface area (Å²) >= 11 is 0. The second-order valence-electron chi connectivity index (χ2n) is 7.40. The number of unbranched alkanes of at least 4 members (excludes halogenated alkanes) is 5. The molecular formula is C22H39N4O+. The predicted molar refractivity (Wildman–Crippen MR) is 112 cm³/mol. The maximum Gasteiger partial charge on any atom is 0.205 e. The van der Waals surface area contributed by atoms with E-state index in [4.69, 9.17) is 10.1 Å². The highest BCUT2D eigenvalue weighted by molar-refractivity contribution is 5.75. The van der Waals surface area contributed by atoms with E-state index in [0.717, 1.165) is 50.2 Å². The molecule has 0 unspecified atom stereocenters. The Bertz CT molecular complexity index is 715. The molecule has 0 amide bonds. The first-order valence-corrected chi connectivity index (χ1v) is 10.9. The third kappa shape index (κ3) is 6.22. The summed E-state index contributed by atoms with van der Waals surface area (Å²) in [6.45, 7) is 12.1. The van der Waals surface area contributed by atoms with Crippen molar-refractivity contribution in [3.8, 4) is 0 Å². The van der Waals surface area contributed by atoms with Crippen LogP contribution in [0, 0.1) is 5.41 Å². The van der Waals surface area contributed by atoms with E-state index in [1.165, 1.54) is 32.1 Å². The third-order valence-electron chi connectivity index (χ3n) is 5.53. The molecule has 152 valence electrons. The highest BCUT2D eigenvalue weighted by Gasteiger charge is 2.12. The van der Waals surface area contributed by atoms with Gasteiger partial charge >= 0.3 is 0 Å². The van der Waals surface area contributed by atoms with Gasteiger partial charge in [0.1, 0.15) is 6.73 Å². The van der Waals surface area contributed by atoms with Gasteiger partial charge in [-0.25, -0.2) is 0 Å². The molecule has 0 saturated carbocycles. The van der Waals surface area contributed by atoms with Crippen LogP contribution in [0.2, 0.25) is 0 Å². The number of nitrogens with one attached hydrogen (secondary N) is 2. The minimum atomic E-state index is 0.472. The van der Waals surface area contributed by atoms with Crippen LogP contribution in [-0.2, 0) is 18.0 Å². The molecule has 27 heavy (non-hydrogen) atoms. The Balaban J connectivity index is 1.96. The summed E-state index contributed by atoms with van der Waals surface area (Å²) in [5.74, 6) is 0. The monoisotopic (exact) mass is 375 g/mol. The molecule has 1 aromatic carbocycles. The van der Waals surface area contributed by atoms with Crippen molar-refractivity contribution >= 4 is 11.0 Å². The molecule has 0 aliphatic carbocycles. The van der Waals surface area contributed by atoms with Crippen LogP contribution in [-0.4, -0.2) is 35.4 Å². The topological polar surface area (TPSA) is 47.4 Å². The summed E-state index contributed by atoms with van der Waals surface area (Å²) in [4.78, 5) is 1.57. The zero-order chi connectivity index (χ0) is 19.5. The van der Waals surface area contributed by atoms with Gasteiger partial charge in [-0.1, -0.05) is 51.2 Å². The minimum Gasteiger partial charge on any atom is -0.361 e. The largest absolute Gasteiger partial charge is 0.361 e. The lowest BCUT2D eigenvalue weighted by atomic mass is 10.1. The first-order chi connectivity index (χ1) is 13.2. The van der Waals surface area contributed by atoms with E-state index >= 15 is 0 Å². The first-order valence-electron chi connectivity index (χ1n) is 10.9. The molecular weight excluding hydrogens is 336 g/mol. The van der Waals surface area contributed by atoms with Crippen LogP contribution in [0.25, 0.3) is 11.0 Å². The van der Waals surface area contributed by atoms with Gasteiger partial charge in [-0.2, -0.15) is 0 Å². The second kappa shape index (κ2) is 12.0. The van der Waals surface area contributed by atoms with Gasteiger partial charge < -0.3 is 14.2 Å². The van der Waals surface area contributed by atoms with Crippen molar-refractivity contribution in [1.82, 2.24) is 9.13 Å². The molecule has 0 fully saturated rings. The highest BCUT2D eigenvalue weighted by atomic mass is 16.5. The van der Waals surface area contributed by atoms with Gasteiger partial charge in [-0.3, -0.25) is 9.98 Å². The molecule has 2 aromatic rings. The summed E-state index contributed by atoms with van der Waals surface area (Å²) in [6.07, 6.45) is 7.63. The number of imidazole rings is 1. The fourth-order valence-electron chi connectivity index (χ4n) is 3.67. The number of hydrogen-bond donors (Lipinski definition) is 2. The van der Waals surface area contributed by atoms with Gasteiger partial charge in [-0.15, -0.1) is 0 Å². The molecule has 1 aromatic heterocycles. The molecule has 1 heterocycles. The van der Waals surface area contributed by atoms with Crippen LogP contribution in [0.15, 0.2) is 24.3 Å². The van der Waals surface area contributed by atoms with Crippen LogP contribution >= 0.6 is 0 Å². The van der Waals surface area contributed by atoms with Gasteiger partial charge in [0.15, 0.2) is 0 Å². The molecule has 5 nitrogen and oxygen atoms in total. The summed E-state index contributed by atoms with van der Waals surface area (Å²) in [7, 11) is 0. The van der Waals surface area contributed by atoms with Crippen LogP contribution in [0.3, 0.4) is 0 Å². The van der Waals surface area contributed by atoms with Crippen molar-refractivity contribution in [3.05, 3.63) is 29.9 Å². The number of ether oxygens (including phenoxy) is 1. The molecule has 0 radical (unpaired) electrons. The van der Waals surface area contributed by atoms with Gasteiger partial charge in [0.2, 0.25) is 5.62 Å². The second-order valence-corrected chi connectivity index (χ2v) is 7.40. The Morgan fingerprint density at radius 3 is 2.19 bits per heavy atom. The number of rotatable bonds is 14. The Morgan fingerprint density at radius 2 is 1.52 bits per heavy atom.